The molecule has 1 unspecified atom stereocenters. The maximum absolute atomic E-state index is 12.2. The number of thioether (sulfide) groups is 1. The second kappa shape index (κ2) is 6.95. The van der Waals surface area contributed by atoms with Crippen molar-refractivity contribution in [3.05, 3.63) is 54.1 Å². The van der Waals surface area contributed by atoms with E-state index in [1.807, 2.05) is 36.4 Å². The van der Waals surface area contributed by atoms with Crippen LogP contribution in [0.15, 0.2) is 58.3 Å². The van der Waals surface area contributed by atoms with E-state index < -0.39 is 9.84 Å². The lowest BCUT2D eigenvalue weighted by atomic mass is 10.2. The molecule has 3 rings (SSSR count). The quantitative estimate of drug-likeness (QED) is 0.811. The molecule has 2 aromatic carbocycles. The van der Waals surface area contributed by atoms with Crippen LogP contribution >= 0.6 is 11.8 Å². The zero-order chi connectivity index (χ0) is 16.3. The van der Waals surface area contributed by atoms with Crippen molar-refractivity contribution in [1.29, 1.82) is 0 Å². The van der Waals surface area contributed by atoms with Gasteiger partial charge in [-0.25, -0.2) is 8.42 Å². The van der Waals surface area contributed by atoms with Crippen LogP contribution in [0.4, 0.5) is 0 Å². The monoisotopic (exact) mass is 350 g/mol. The first kappa shape index (κ1) is 16.4. The van der Waals surface area contributed by atoms with Gasteiger partial charge in [0.2, 0.25) is 0 Å². The molecule has 0 bridgehead atoms. The van der Waals surface area contributed by atoms with Crippen molar-refractivity contribution in [3.63, 3.8) is 0 Å². The Kier molecular flexibility index (Phi) is 4.94. The van der Waals surface area contributed by atoms with Gasteiger partial charge in [0.25, 0.3) is 0 Å². The van der Waals surface area contributed by atoms with Crippen LogP contribution in [0, 0.1) is 0 Å². The molecule has 6 heteroatoms. The molecule has 23 heavy (non-hydrogen) atoms. The number of sulfone groups is 1. The molecule has 1 atom stereocenters. The number of aliphatic hydroxyl groups excluding tert-OH is 1. The van der Waals surface area contributed by atoms with Crippen molar-refractivity contribution in [3.8, 4) is 5.75 Å². The van der Waals surface area contributed by atoms with Gasteiger partial charge >= 0.3 is 0 Å². The van der Waals surface area contributed by atoms with Crippen molar-refractivity contribution < 1.29 is 18.3 Å². The van der Waals surface area contributed by atoms with Crippen LogP contribution in [0.3, 0.4) is 0 Å². The van der Waals surface area contributed by atoms with Gasteiger partial charge in [-0.3, -0.25) is 0 Å². The van der Waals surface area contributed by atoms with E-state index in [9.17, 15) is 8.42 Å². The van der Waals surface area contributed by atoms with Crippen LogP contribution in [-0.4, -0.2) is 32.5 Å². The molecule has 0 fully saturated rings. The van der Waals surface area contributed by atoms with E-state index in [0.717, 1.165) is 16.2 Å². The van der Waals surface area contributed by atoms with Gasteiger partial charge in [-0.2, -0.15) is 0 Å². The Morgan fingerprint density at radius 3 is 2.83 bits per heavy atom. The molecule has 1 heterocycles. The third-order valence-corrected chi connectivity index (χ3v) is 6.88. The molecule has 1 N–H and O–H groups in total. The molecular formula is C17H18O4S2. The highest BCUT2D eigenvalue weighted by Gasteiger charge is 2.34. The van der Waals surface area contributed by atoms with Gasteiger partial charge < -0.3 is 9.84 Å². The van der Waals surface area contributed by atoms with E-state index in [-0.39, 0.29) is 17.6 Å². The number of rotatable bonds is 6. The van der Waals surface area contributed by atoms with Crippen molar-refractivity contribution >= 4 is 21.6 Å². The van der Waals surface area contributed by atoms with E-state index >= 15 is 0 Å². The highest BCUT2D eigenvalue weighted by atomic mass is 32.2. The van der Waals surface area contributed by atoms with Gasteiger partial charge in [0.05, 0.1) is 22.5 Å². The Morgan fingerprint density at radius 1 is 1.17 bits per heavy atom. The lowest BCUT2D eigenvalue weighted by Crippen LogP contribution is -2.01. The zero-order valence-corrected chi connectivity index (χ0v) is 14.1. The first-order chi connectivity index (χ1) is 11.1. The van der Waals surface area contributed by atoms with Gasteiger partial charge in [-0.05, 0) is 29.8 Å². The molecule has 0 aliphatic carbocycles. The molecular weight excluding hydrogens is 332 g/mol. The molecule has 0 saturated carbocycles. The van der Waals surface area contributed by atoms with E-state index in [0.29, 0.717) is 17.9 Å². The Morgan fingerprint density at radius 2 is 2.00 bits per heavy atom. The van der Waals surface area contributed by atoms with Gasteiger partial charge in [-0.15, -0.1) is 11.8 Å². The summed E-state index contributed by atoms with van der Waals surface area (Å²) in [5, 5.41) is 8.70. The fourth-order valence-electron chi connectivity index (χ4n) is 2.56. The lowest BCUT2D eigenvalue weighted by molar-refractivity contribution is 0.233. The molecule has 4 nitrogen and oxygen atoms in total. The minimum Gasteiger partial charge on any atom is -0.493 e. The molecule has 1 aliphatic rings. The molecule has 1 aliphatic heterocycles. The van der Waals surface area contributed by atoms with Crippen molar-refractivity contribution in [1.82, 2.24) is 0 Å². The predicted octanol–water partition coefficient (Wildman–Crippen LogP) is 3.07. The third kappa shape index (κ3) is 3.71. The summed E-state index contributed by atoms with van der Waals surface area (Å²) in [6.07, 6.45) is 0.589. The lowest BCUT2D eigenvalue weighted by Gasteiger charge is -2.11. The molecule has 0 spiro atoms. The normalized spacial score (nSPS) is 18.6. The fraction of sp³-hybridized carbons (Fsp3) is 0.294. The van der Waals surface area contributed by atoms with Crippen LogP contribution in [0.1, 0.15) is 17.2 Å². The summed E-state index contributed by atoms with van der Waals surface area (Å²) in [6, 6.07) is 14.8. The smallest absolute Gasteiger partial charge is 0.180 e. The van der Waals surface area contributed by atoms with Gasteiger partial charge in [0, 0.05) is 17.9 Å². The maximum atomic E-state index is 12.2. The van der Waals surface area contributed by atoms with E-state index in [1.54, 1.807) is 23.9 Å². The van der Waals surface area contributed by atoms with E-state index in [2.05, 4.69) is 0 Å². The fourth-order valence-corrected chi connectivity index (χ4v) is 6.06. The average molecular weight is 350 g/mol. The number of aliphatic hydroxyl groups is 1. The number of fused-ring (bicyclic) bond motifs is 1. The summed E-state index contributed by atoms with van der Waals surface area (Å²) < 4.78 is 30.0. The van der Waals surface area contributed by atoms with Crippen molar-refractivity contribution in [2.75, 3.05) is 19.0 Å². The Bertz CT molecular complexity index is 787. The SMILES string of the molecule is O=S1(=O)CC(Sc2cccc(OCCCO)c2)c2ccccc21. The number of benzene rings is 2. The minimum absolute atomic E-state index is 0.0936. The summed E-state index contributed by atoms with van der Waals surface area (Å²) in [4.78, 5) is 1.43. The number of ether oxygens (including phenoxy) is 1. The molecule has 2 aromatic rings. The van der Waals surface area contributed by atoms with Crippen LogP contribution < -0.4 is 4.74 Å². The largest absolute Gasteiger partial charge is 0.493 e. The highest BCUT2D eigenvalue weighted by Crippen LogP contribution is 2.45. The van der Waals surface area contributed by atoms with Crippen molar-refractivity contribution in [2.24, 2.45) is 0 Å². The Hall–Kier alpha value is -1.50. The first-order valence-electron chi connectivity index (χ1n) is 7.42. The molecule has 0 radical (unpaired) electrons. The summed E-state index contributed by atoms with van der Waals surface area (Å²) in [5.74, 6) is 0.865. The van der Waals surface area contributed by atoms with Crippen LogP contribution in [0.2, 0.25) is 0 Å². The zero-order valence-electron chi connectivity index (χ0n) is 12.5. The molecule has 0 aromatic heterocycles. The van der Waals surface area contributed by atoms with Gasteiger partial charge in [-0.1, -0.05) is 24.3 Å². The number of hydrogen-bond acceptors (Lipinski definition) is 5. The summed E-state index contributed by atoms with van der Waals surface area (Å²) >= 11 is 1.54. The number of hydrogen-bond donors (Lipinski definition) is 1. The third-order valence-electron chi connectivity index (χ3n) is 3.63. The van der Waals surface area contributed by atoms with Crippen LogP contribution in [-0.2, 0) is 9.84 Å². The highest BCUT2D eigenvalue weighted by molar-refractivity contribution is 8.01. The first-order valence-corrected chi connectivity index (χ1v) is 9.95. The molecule has 0 amide bonds. The standard InChI is InChI=1S/C17H18O4S2/c18-9-4-10-21-13-5-3-6-14(11-13)22-16-12-23(19,20)17-8-2-1-7-15(16)17/h1-3,5-8,11,16,18H,4,9-10,12H2. The topological polar surface area (TPSA) is 63.6 Å². The molecule has 122 valence electrons. The minimum atomic E-state index is -3.18. The van der Waals surface area contributed by atoms with E-state index in [1.165, 1.54) is 0 Å². The van der Waals surface area contributed by atoms with E-state index in [4.69, 9.17) is 9.84 Å². The second-order valence-corrected chi connectivity index (χ2v) is 8.61. The van der Waals surface area contributed by atoms with Crippen LogP contribution in [0.25, 0.3) is 0 Å². The summed E-state index contributed by atoms with van der Waals surface area (Å²) in [6.45, 7) is 0.566. The average Bonchev–Trinajstić information content (AvgIpc) is 2.79. The van der Waals surface area contributed by atoms with Crippen molar-refractivity contribution in [2.45, 2.75) is 21.5 Å². The summed E-state index contributed by atoms with van der Waals surface area (Å²) in [5.41, 5.74) is 0.879. The van der Waals surface area contributed by atoms with Gasteiger partial charge in [0.1, 0.15) is 5.75 Å². The second-order valence-electron chi connectivity index (χ2n) is 5.33. The molecule has 0 saturated heterocycles. The Labute approximate surface area is 140 Å². The van der Waals surface area contributed by atoms with Gasteiger partial charge in [0.15, 0.2) is 9.84 Å². The predicted molar refractivity (Wildman–Crippen MR) is 90.7 cm³/mol. The van der Waals surface area contributed by atoms with Crippen LogP contribution in [0.5, 0.6) is 5.75 Å². The Balaban J connectivity index is 1.77. The summed E-state index contributed by atoms with van der Waals surface area (Å²) in [7, 11) is -3.18. The maximum Gasteiger partial charge on any atom is 0.180 e.